The van der Waals surface area contributed by atoms with Crippen LogP contribution in [0, 0.1) is 17.4 Å². The molecule has 3 heterocycles. The van der Waals surface area contributed by atoms with Crippen molar-refractivity contribution in [3.63, 3.8) is 0 Å². The average Bonchev–Trinajstić information content (AvgIpc) is 3.58. The maximum Gasteiger partial charge on any atom is 0.481 e. The van der Waals surface area contributed by atoms with Crippen molar-refractivity contribution in [3.05, 3.63) is 12.7 Å². The summed E-state index contributed by atoms with van der Waals surface area (Å²) in [6.45, 7) is -1.28. The number of phosphoric ester groups is 3. The Morgan fingerprint density at radius 3 is 2.46 bits per heavy atom. The van der Waals surface area contributed by atoms with E-state index >= 15 is 0 Å². The number of phosphoric acid groups is 3. The molecule has 1 fully saturated rings. The molecule has 0 aromatic carbocycles. The van der Waals surface area contributed by atoms with Gasteiger partial charge >= 0.3 is 23.5 Å². The first kappa shape index (κ1) is 41.7. The van der Waals surface area contributed by atoms with Gasteiger partial charge in [-0.25, -0.2) is 28.6 Å². The summed E-state index contributed by atoms with van der Waals surface area (Å²) >= 11 is 3.94. The molecule has 3 unspecified atom stereocenters. The van der Waals surface area contributed by atoms with Gasteiger partial charge in [0.1, 0.15) is 36.3 Å². The predicted octanol–water partition coefficient (Wildman–Crippen LogP) is -2.35. The van der Waals surface area contributed by atoms with E-state index in [1.165, 1.54) is 6.11 Å². The number of ether oxygens (including phenoxy) is 1. The molecule has 50 heavy (non-hydrogen) atoms. The van der Waals surface area contributed by atoms with E-state index in [1.54, 1.807) is 0 Å². The quantitative estimate of drug-likeness (QED) is 0.0427. The average molecular weight is 794 g/mol. The van der Waals surface area contributed by atoms with E-state index in [-0.39, 0.29) is 36.5 Å². The summed E-state index contributed by atoms with van der Waals surface area (Å²) in [4.78, 5) is 74.9. The van der Waals surface area contributed by atoms with Crippen LogP contribution in [-0.2, 0) is 45.9 Å². The van der Waals surface area contributed by atoms with Crippen molar-refractivity contribution in [1.29, 1.82) is 0 Å². The van der Waals surface area contributed by atoms with Crippen LogP contribution < -0.4 is 16.4 Å². The molecule has 0 radical (unpaired) electrons. The minimum Gasteiger partial charge on any atom is -0.462 e. The molecule has 280 valence electrons. The number of imidazole rings is 1. The van der Waals surface area contributed by atoms with Crippen LogP contribution in [0.3, 0.4) is 0 Å². The standard InChI is InChI=1S/C22H34N7O17P3S/c1-22(3-6-30,17(33)20(34)25-4-2-13(31)24-5-7-50)9-43-49(40,41)46-48(38,39)42-8-12-16(45-47(35,36)37)15(32)21(44-12)29-11-28-14-18(23)26-10-27-19(14)29/h10-12,15-17,21,30,32-33,50H,2,4-5,7-9H2,1H3,(H,24,31)(H,25,34)(H,38,39)(H,40,41)(H2,23,26,27)(H2,35,36,37)/t12-,15-,16-,17+,21-,22?/m1/s1. The van der Waals surface area contributed by atoms with Crippen LogP contribution in [0.5, 0.6) is 0 Å². The number of carbonyl (C=O) groups is 2. The van der Waals surface area contributed by atoms with Crippen LogP contribution in [-0.4, -0.2) is 123 Å². The van der Waals surface area contributed by atoms with Gasteiger partial charge < -0.3 is 56.0 Å². The highest BCUT2D eigenvalue weighted by Crippen LogP contribution is 2.61. The van der Waals surface area contributed by atoms with Crippen LogP contribution in [0.15, 0.2) is 12.7 Å². The van der Waals surface area contributed by atoms with E-state index in [2.05, 4.69) is 56.1 Å². The third-order valence-corrected chi connectivity index (χ3v) is 9.97. The summed E-state index contributed by atoms with van der Waals surface area (Å²) in [6, 6.07) is 0. The van der Waals surface area contributed by atoms with Crippen molar-refractivity contribution in [3.8, 4) is 12.0 Å². The number of hydrogen-bond donors (Lipinski definition) is 11. The fourth-order valence-corrected chi connectivity index (χ4v) is 7.15. The van der Waals surface area contributed by atoms with E-state index in [0.717, 1.165) is 24.1 Å². The molecule has 0 bridgehead atoms. The van der Waals surface area contributed by atoms with Gasteiger partial charge in [-0.05, 0) is 12.8 Å². The fraction of sp³-hybridized carbons (Fsp3) is 0.591. The fourth-order valence-electron chi connectivity index (χ4n) is 4.27. The summed E-state index contributed by atoms with van der Waals surface area (Å²) in [7, 11) is -16.6. The van der Waals surface area contributed by atoms with Crippen LogP contribution in [0.25, 0.3) is 11.2 Å². The maximum atomic E-state index is 12.6. The lowest BCUT2D eigenvalue weighted by molar-refractivity contribution is -0.135. The van der Waals surface area contributed by atoms with E-state index < -0.39 is 84.6 Å². The Morgan fingerprint density at radius 2 is 1.82 bits per heavy atom. The van der Waals surface area contributed by atoms with E-state index in [9.17, 15) is 53.1 Å². The van der Waals surface area contributed by atoms with Gasteiger partial charge in [-0.2, -0.15) is 16.9 Å². The number of hydrogen-bond acceptors (Lipinski definition) is 18. The van der Waals surface area contributed by atoms with Crippen LogP contribution in [0.2, 0.25) is 0 Å². The van der Waals surface area contributed by atoms with Crippen molar-refractivity contribution in [1.82, 2.24) is 30.2 Å². The zero-order valence-electron chi connectivity index (χ0n) is 25.7. The molecular weight excluding hydrogens is 759 g/mol. The summed E-state index contributed by atoms with van der Waals surface area (Å²) in [5.74, 6) is 0.768. The molecule has 0 saturated carbocycles. The topological polar surface area (TPSA) is 367 Å². The number of aromatic nitrogens is 4. The van der Waals surface area contributed by atoms with Gasteiger partial charge in [-0.3, -0.25) is 27.7 Å². The number of aliphatic hydroxyl groups excluding tert-OH is 3. The van der Waals surface area contributed by atoms with E-state index in [4.69, 9.17) is 15.6 Å². The van der Waals surface area contributed by atoms with Crippen LogP contribution >= 0.6 is 36.1 Å². The number of nitrogens with one attached hydrogen (secondary N) is 2. The number of nitrogen functional groups attached to an aromatic ring is 1. The third-order valence-electron chi connectivity index (χ3n) is 6.64. The second-order valence-electron chi connectivity index (χ2n) is 10.5. The van der Waals surface area contributed by atoms with Crippen LogP contribution in [0.1, 0.15) is 19.6 Å². The molecule has 1 aliphatic rings. The van der Waals surface area contributed by atoms with Crippen molar-refractivity contribution >= 4 is 64.9 Å². The highest BCUT2D eigenvalue weighted by Gasteiger charge is 2.50. The zero-order chi connectivity index (χ0) is 37.5. The maximum absolute atomic E-state index is 12.6. The predicted molar refractivity (Wildman–Crippen MR) is 168 cm³/mol. The van der Waals surface area contributed by atoms with Crippen LogP contribution in [0.4, 0.5) is 5.82 Å². The molecule has 2 aromatic rings. The molecule has 2 aromatic heterocycles. The summed E-state index contributed by atoms with van der Waals surface area (Å²) in [5.41, 5.74) is 3.69. The second kappa shape index (κ2) is 17.2. The Kier molecular flexibility index (Phi) is 14.3. The number of rotatable bonds is 18. The number of nitrogens with zero attached hydrogens (tertiary/aromatic N) is 4. The first-order chi connectivity index (χ1) is 23.2. The first-order valence-electron chi connectivity index (χ1n) is 13.9. The lowest BCUT2D eigenvalue weighted by atomic mass is 9.85. The van der Waals surface area contributed by atoms with Gasteiger partial charge in [0.05, 0.1) is 25.0 Å². The molecule has 1 saturated heterocycles. The molecule has 3 rings (SSSR count). The number of anilines is 1. The smallest absolute Gasteiger partial charge is 0.462 e. The van der Waals surface area contributed by atoms with Gasteiger partial charge in [-0.15, -0.1) is 0 Å². The summed E-state index contributed by atoms with van der Waals surface area (Å²) < 4.78 is 61.7. The molecular formula is C22H34N7O17P3S. The number of nitrogens with two attached hydrogens (primary N) is 1. The first-order valence-corrected chi connectivity index (χ1v) is 19.0. The number of carbonyl (C=O) groups excluding carboxylic acids is 2. The zero-order valence-corrected chi connectivity index (χ0v) is 29.2. The Hall–Kier alpha value is -2.75. The molecule has 2 amide bonds. The largest absolute Gasteiger partial charge is 0.481 e. The Bertz CT molecular complexity index is 1740. The Labute approximate surface area is 287 Å². The summed E-state index contributed by atoms with van der Waals surface area (Å²) in [5, 5.41) is 35.2. The highest BCUT2D eigenvalue weighted by atomic mass is 32.1. The number of aliphatic hydroxyl groups is 3. The van der Waals surface area contributed by atoms with E-state index in [0.29, 0.717) is 5.75 Å². The third kappa shape index (κ3) is 11.4. The lowest BCUT2D eigenvalue weighted by Crippen LogP contribution is -2.47. The number of thiol groups is 1. The SMILES string of the molecule is CC(C#CO)(COP(=O)(O)OP(=O)(O)OC[C@H]1O[C@@H](n2cnc3c(N)ncnc32)[C@H](O)[C@@H]1OP(=O)(O)O)[C@@H](O)C(=O)NCCC(=O)NCCS. The minimum absolute atomic E-state index is 0.0142. The highest BCUT2D eigenvalue weighted by molar-refractivity contribution is 7.80. The molecule has 0 aliphatic carbocycles. The van der Waals surface area contributed by atoms with Crippen molar-refractivity contribution < 1.29 is 80.8 Å². The molecule has 0 spiro atoms. The normalized spacial score (nSPS) is 23.5. The Morgan fingerprint density at radius 1 is 1.14 bits per heavy atom. The number of amides is 2. The van der Waals surface area contributed by atoms with Gasteiger partial charge in [-0.1, -0.05) is 0 Å². The van der Waals surface area contributed by atoms with Crippen molar-refractivity contribution in [2.45, 2.75) is 44.0 Å². The molecule has 1 aliphatic heterocycles. The van der Waals surface area contributed by atoms with Gasteiger partial charge in [0.2, 0.25) is 5.91 Å². The monoisotopic (exact) mass is 793 g/mol. The second-order valence-corrected chi connectivity index (χ2v) is 15.1. The molecule has 28 heteroatoms. The minimum atomic E-state index is -5.64. The Balaban J connectivity index is 1.66. The molecule has 11 N–H and O–H groups in total. The van der Waals surface area contributed by atoms with Gasteiger partial charge in [0, 0.05) is 25.3 Å². The molecule has 24 nitrogen and oxygen atoms in total. The summed E-state index contributed by atoms with van der Waals surface area (Å²) in [6.07, 6.45) is -5.90. The van der Waals surface area contributed by atoms with E-state index in [1.807, 2.05) is 5.92 Å². The van der Waals surface area contributed by atoms with Gasteiger partial charge in [0.25, 0.3) is 5.91 Å². The van der Waals surface area contributed by atoms with Gasteiger partial charge in [0.15, 0.2) is 23.8 Å². The van der Waals surface area contributed by atoms with Crippen molar-refractivity contribution in [2.75, 3.05) is 37.8 Å². The number of fused-ring (bicyclic) bond motifs is 1. The van der Waals surface area contributed by atoms with Crippen molar-refractivity contribution in [2.24, 2.45) is 5.41 Å². The molecule has 8 atom stereocenters. The lowest BCUT2D eigenvalue weighted by Gasteiger charge is -2.28.